The highest BCUT2D eigenvalue weighted by Crippen LogP contribution is 2.48. The van der Waals surface area contributed by atoms with Gasteiger partial charge in [-0.05, 0) is 77.4 Å². The Hall–Kier alpha value is -3.82. The number of nitrogens with zero attached hydrogens (tertiary/aromatic N) is 1. The van der Waals surface area contributed by atoms with Crippen molar-refractivity contribution in [3.63, 3.8) is 0 Å². The summed E-state index contributed by atoms with van der Waals surface area (Å²) in [5.74, 6) is -2.25. The third kappa shape index (κ3) is 6.64. The number of rotatable bonds is 11. The normalized spacial score (nSPS) is 19.4. The summed E-state index contributed by atoms with van der Waals surface area (Å²) < 4.78 is 31.5. The van der Waals surface area contributed by atoms with Gasteiger partial charge in [0.25, 0.3) is 0 Å². The zero-order chi connectivity index (χ0) is 31.5. The molecular formula is C34H38ClFN2O6. The van der Waals surface area contributed by atoms with Crippen molar-refractivity contribution in [2.75, 3.05) is 31.8 Å². The van der Waals surface area contributed by atoms with E-state index in [-0.39, 0.29) is 37.3 Å². The number of hydrogen-bond acceptors (Lipinski definition) is 6. The second kappa shape index (κ2) is 13.4. The van der Waals surface area contributed by atoms with E-state index in [4.69, 9.17) is 25.8 Å². The van der Waals surface area contributed by atoms with E-state index in [0.29, 0.717) is 41.7 Å². The molecule has 3 aromatic rings. The lowest BCUT2D eigenvalue weighted by molar-refractivity contribution is -0.143. The van der Waals surface area contributed by atoms with E-state index < -0.39 is 29.7 Å². The highest BCUT2D eigenvalue weighted by molar-refractivity contribution is 6.30. The number of aryl methyl sites for hydroxylation is 2. The van der Waals surface area contributed by atoms with E-state index in [2.05, 4.69) is 19.2 Å². The Labute approximate surface area is 262 Å². The Morgan fingerprint density at radius 3 is 2.36 bits per heavy atom. The van der Waals surface area contributed by atoms with Crippen molar-refractivity contribution in [2.45, 2.75) is 52.5 Å². The van der Waals surface area contributed by atoms with Crippen LogP contribution < -0.4 is 19.5 Å². The monoisotopic (exact) mass is 624 g/mol. The zero-order valence-electron chi connectivity index (χ0n) is 25.4. The number of amides is 1. The number of carboxylic acid groups (broad SMARTS) is 1. The largest absolute Gasteiger partial charge is 0.493 e. The van der Waals surface area contributed by atoms with Crippen molar-refractivity contribution in [3.05, 3.63) is 81.6 Å². The molecule has 1 saturated heterocycles. The topological polar surface area (TPSA) is 97.3 Å². The van der Waals surface area contributed by atoms with Gasteiger partial charge in [0.05, 0.1) is 19.1 Å². The third-order valence-corrected chi connectivity index (χ3v) is 8.42. The molecule has 5 rings (SSSR count). The van der Waals surface area contributed by atoms with Crippen molar-refractivity contribution in [1.29, 1.82) is 0 Å². The first-order chi connectivity index (χ1) is 21.1. The summed E-state index contributed by atoms with van der Waals surface area (Å²) in [5.41, 5.74) is 3.78. The lowest BCUT2D eigenvalue weighted by atomic mass is 9.82. The van der Waals surface area contributed by atoms with Gasteiger partial charge in [0, 0.05) is 29.2 Å². The van der Waals surface area contributed by atoms with Gasteiger partial charge >= 0.3 is 5.97 Å². The zero-order valence-corrected chi connectivity index (χ0v) is 26.1. The summed E-state index contributed by atoms with van der Waals surface area (Å²) in [7, 11) is 0. The Bertz CT molecular complexity index is 1500. The predicted octanol–water partition coefficient (Wildman–Crippen LogP) is 6.85. The van der Waals surface area contributed by atoms with Gasteiger partial charge in [0.15, 0.2) is 11.6 Å². The lowest BCUT2D eigenvalue weighted by Gasteiger charge is -2.27. The Kier molecular flexibility index (Phi) is 9.65. The highest BCUT2D eigenvalue weighted by atomic mass is 35.5. The van der Waals surface area contributed by atoms with Crippen molar-refractivity contribution in [2.24, 2.45) is 11.8 Å². The Morgan fingerprint density at radius 1 is 1.07 bits per heavy atom. The molecule has 1 unspecified atom stereocenters. The molecule has 1 amide bonds. The number of benzene rings is 3. The van der Waals surface area contributed by atoms with Crippen LogP contribution in [0.25, 0.3) is 0 Å². The Morgan fingerprint density at radius 2 is 1.75 bits per heavy atom. The average molecular weight is 625 g/mol. The van der Waals surface area contributed by atoms with Crippen LogP contribution in [0.3, 0.4) is 0 Å². The molecule has 3 aromatic carbocycles. The molecule has 0 aliphatic carbocycles. The van der Waals surface area contributed by atoms with Crippen LogP contribution in [0.15, 0.2) is 48.5 Å². The second-order valence-corrected chi connectivity index (χ2v) is 12.1. The van der Waals surface area contributed by atoms with Crippen molar-refractivity contribution >= 4 is 29.2 Å². The van der Waals surface area contributed by atoms with E-state index in [1.165, 1.54) is 6.07 Å². The number of fused-ring (bicyclic) bond motifs is 1. The smallest absolute Gasteiger partial charge is 0.309 e. The van der Waals surface area contributed by atoms with Gasteiger partial charge in [-0.1, -0.05) is 51.4 Å². The number of carbonyl (C=O) groups excluding carboxylic acids is 1. The molecule has 8 nitrogen and oxygen atoms in total. The molecule has 234 valence electrons. The molecule has 0 radical (unpaired) electrons. The molecule has 44 heavy (non-hydrogen) atoms. The standard InChI is InChI=1S/C34H38ClFN2O6/c1-5-20-11-24(35)12-21(6-2)31(20)37-29(39)16-38-15-26(23-13-27(36)33-28(14-23)43-18-44-33)30(34(40)41)32(38)22-7-9-25(10-8-22)42-17-19(3)4/h7-14,19,26,30,32H,5-6,15-18H2,1-4H3,(H,37,39)(H,40,41)/t26-,30?,32+/m1/s1. The third-order valence-electron chi connectivity index (χ3n) is 8.21. The number of likely N-dealkylation sites (tertiary alicyclic amines) is 1. The number of aliphatic carboxylic acids is 1. The summed E-state index contributed by atoms with van der Waals surface area (Å²) in [6.07, 6.45) is 1.36. The maximum atomic E-state index is 15.0. The number of carboxylic acids is 1. The number of ether oxygens (including phenoxy) is 3. The van der Waals surface area contributed by atoms with Crippen LogP contribution in [0, 0.1) is 17.7 Å². The van der Waals surface area contributed by atoms with E-state index in [1.54, 1.807) is 6.07 Å². The van der Waals surface area contributed by atoms with Crippen LogP contribution in [-0.2, 0) is 22.4 Å². The Balaban J connectivity index is 1.49. The molecule has 2 aliphatic heterocycles. The summed E-state index contributed by atoms with van der Waals surface area (Å²) in [6, 6.07) is 13.3. The molecule has 0 saturated carbocycles. The van der Waals surface area contributed by atoms with E-state index in [0.717, 1.165) is 22.4 Å². The van der Waals surface area contributed by atoms with Crippen LogP contribution >= 0.6 is 11.6 Å². The molecule has 2 N–H and O–H groups in total. The van der Waals surface area contributed by atoms with E-state index in [1.807, 2.05) is 55.1 Å². The van der Waals surface area contributed by atoms with E-state index in [9.17, 15) is 19.1 Å². The van der Waals surface area contributed by atoms with Crippen LogP contribution in [0.5, 0.6) is 17.2 Å². The lowest BCUT2D eigenvalue weighted by Crippen LogP contribution is -2.35. The minimum atomic E-state index is -1.04. The summed E-state index contributed by atoms with van der Waals surface area (Å²) >= 11 is 6.32. The minimum Gasteiger partial charge on any atom is -0.493 e. The highest BCUT2D eigenvalue weighted by Gasteiger charge is 2.48. The van der Waals surface area contributed by atoms with Gasteiger partial charge in [0.1, 0.15) is 5.75 Å². The van der Waals surface area contributed by atoms with Gasteiger partial charge in [0.2, 0.25) is 18.4 Å². The average Bonchev–Trinajstić information content (AvgIpc) is 3.62. The van der Waals surface area contributed by atoms with Crippen molar-refractivity contribution < 1.29 is 33.3 Å². The SMILES string of the molecule is CCc1cc(Cl)cc(CC)c1NC(=O)CN1C[C@H](c2cc(F)c3c(c2)OCO3)C(C(=O)O)[C@@H]1c1ccc(OCC(C)C)cc1. The summed E-state index contributed by atoms with van der Waals surface area (Å²) in [4.78, 5) is 28.4. The molecule has 3 atom stereocenters. The maximum Gasteiger partial charge on any atom is 0.309 e. The first-order valence-corrected chi connectivity index (χ1v) is 15.4. The van der Waals surface area contributed by atoms with Gasteiger partial charge in [-0.25, -0.2) is 4.39 Å². The molecule has 0 bridgehead atoms. The molecule has 0 aromatic heterocycles. The summed E-state index contributed by atoms with van der Waals surface area (Å²) in [6.45, 7) is 8.70. The fourth-order valence-corrected chi connectivity index (χ4v) is 6.42. The van der Waals surface area contributed by atoms with Gasteiger partial charge in [-0.2, -0.15) is 0 Å². The van der Waals surface area contributed by atoms with Crippen LogP contribution in [-0.4, -0.2) is 48.4 Å². The minimum absolute atomic E-state index is 0.0183. The molecule has 2 heterocycles. The molecule has 1 fully saturated rings. The first-order valence-electron chi connectivity index (χ1n) is 15.0. The predicted molar refractivity (Wildman–Crippen MR) is 166 cm³/mol. The molecule has 2 aliphatic rings. The van der Waals surface area contributed by atoms with Crippen LogP contribution in [0.4, 0.5) is 10.1 Å². The number of nitrogens with one attached hydrogen (secondary N) is 1. The van der Waals surface area contributed by atoms with Crippen LogP contribution in [0.1, 0.15) is 61.9 Å². The van der Waals surface area contributed by atoms with E-state index >= 15 is 0 Å². The number of anilines is 1. The number of carbonyl (C=O) groups is 2. The second-order valence-electron chi connectivity index (χ2n) is 11.7. The quantitative estimate of drug-likeness (QED) is 0.241. The number of halogens is 2. The van der Waals surface area contributed by atoms with Crippen molar-refractivity contribution in [1.82, 2.24) is 4.90 Å². The fraction of sp³-hybridized carbons (Fsp3) is 0.412. The van der Waals surface area contributed by atoms with Crippen molar-refractivity contribution in [3.8, 4) is 17.2 Å². The molecule has 10 heteroatoms. The fourth-order valence-electron chi connectivity index (χ4n) is 6.16. The van der Waals surface area contributed by atoms with Crippen LogP contribution in [0.2, 0.25) is 5.02 Å². The van der Waals surface area contributed by atoms with Gasteiger partial charge < -0.3 is 24.6 Å². The number of hydrogen-bond donors (Lipinski definition) is 2. The van der Waals surface area contributed by atoms with Gasteiger partial charge in [-0.3, -0.25) is 14.5 Å². The summed E-state index contributed by atoms with van der Waals surface area (Å²) in [5, 5.41) is 14.3. The molecular weight excluding hydrogens is 587 g/mol. The first kappa shape index (κ1) is 31.6. The maximum absolute atomic E-state index is 15.0. The molecule has 0 spiro atoms. The van der Waals surface area contributed by atoms with Gasteiger partial charge in [-0.15, -0.1) is 0 Å².